The van der Waals surface area contributed by atoms with Gasteiger partial charge in [-0.05, 0) is 13.5 Å². The lowest BCUT2D eigenvalue weighted by molar-refractivity contribution is 0.165. The maximum absolute atomic E-state index is 11.6. The average Bonchev–Trinajstić information content (AvgIpc) is 1.65. The van der Waals surface area contributed by atoms with Crippen LogP contribution in [0.2, 0.25) is 0 Å². The van der Waals surface area contributed by atoms with Gasteiger partial charge >= 0.3 is 0 Å². The van der Waals surface area contributed by atoms with Gasteiger partial charge in [0.25, 0.3) is 0 Å². The first-order valence-electron chi connectivity index (χ1n) is 2.44. The zero-order valence-electron chi connectivity index (χ0n) is 4.39. The van der Waals surface area contributed by atoms with Crippen LogP contribution in [0.15, 0.2) is 0 Å². The van der Waals surface area contributed by atoms with Crippen LogP contribution >= 0.6 is 0 Å². The summed E-state index contributed by atoms with van der Waals surface area (Å²) >= 11 is 0. The molecule has 0 spiro atoms. The monoisotopic (exact) mass is 102 g/mol. The zero-order chi connectivity index (χ0) is 5.28. The Morgan fingerprint density at radius 1 is 2.00 bits per heavy atom. The molecule has 1 rings (SSSR count). The Morgan fingerprint density at radius 3 is 2.71 bits per heavy atom. The number of likely N-dealkylation sites (tertiary alicyclic amines) is 1. The zero-order valence-corrected chi connectivity index (χ0v) is 4.39. The highest BCUT2D eigenvalue weighted by Gasteiger charge is 2.23. The van der Waals surface area contributed by atoms with Gasteiger partial charge in [0.1, 0.15) is 6.67 Å². The molecule has 0 bridgehead atoms. The molecule has 1 unspecified atom stereocenters. The van der Waals surface area contributed by atoms with E-state index in [-0.39, 0.29) is 12.7 Å². The van der Waals surface area contributed by atoms with Gasteiger partial charge in [0.15, 0.2) is 0 Å². The van der Waals surface area contributed by atoms with Crippen LogP contribution in [0, 0.1) is 6.42 Å². The van der Waals surface area contributed by atoms with E-state index in [0.29, 0.717) is 0 Å². The standard InChI is InChI=1S/C5H9FN/c1-7-3-2-5(7)4-6/h2,5H,3-4H2,1H3. The Labute approximate surface area is 43.1 Å². The summed E-state index contributed by atoms with van der Waals surface area (Å²) in [4.78, 5) is 1.97. The maximum atomic E-state index is 11.6. The van der Waals surface area contributed by atoms with Crippen LogP contribution in [0.25, 0.3) is 0 Å². The molecule has 1 aliphatic rings. The Balaban J connectivity index is 2.16. The Bertz CT molecular complexity index is 63.1. The number of hydrogen-bond donors (Lipinski definition) is 0. The highest BCUT2D eigenvalue weighted by atomic mass is 19.1. The fourth-order valence-electron chi connectivity index (χ4n) is 0.646. The van der Waals surface area contributed by atoms with Crippen LogP contribution in [-0.4, -0.2) is 31.2 Å². The van der Waals surface area contributed by atoms with Crippen molar-refractivity contribution in [3.63, 3.8) is 0 Å². The van der Waals surface area contributed by atoms with Crippen LogP contribution in [0.5, 0.6) is 0 Å². The first kappa shape index (κ1) is 5.04. The minimum atomic E-state index is -0.226. The lowest BCUT2D eigenvalue weighted by Gasteiger charge is -2.35. The normalized spacial score (nSPS) is 32.6. The van der Waals surface area contributed by atoms with Crippen LogP contribution in [0.3, 0.4) is 0 Å². The van der Waals surface area contributed by atoms with Crippen LogP contribution < -0.4 is 0 Å². The number of hydrogen-bond acceptors (Lipinski definition) is 1. The third kappa shape index (κ3) is 0.752. The lowest BCUT2D eigenvalue weighted by Crippen LogP contribution is -2.46. The predicted octanol–water partition coefficient (Wildman–Crippen LogP) is 0.474. The summed E-state index contributed by atoms with van der Waals surface area (Å²) in [5.41, 5.74) is 0. The van der Waals surface area contributed by atoms with Crippen molar-refractivity contribution in [3.05, 3.63) is 6.42 Å². The quantitative estimate of drug-likeness (QED) is 0.465. The lowest BCUT2D eigenvalue weighted by atomic mass is 10.1. The SMILES string of the molecule is CN1C[CH]C1CF. The highest BCUT2D eigenvalue weighted by Crippen LogP contribution is 2.12. The molecule has 0 aromatic heterocycles. The van der Waals surface area contributed by atoms with Gasteiger partial charge in [-0.15, -0.1) is 0 Å². The van der Waals surface area contributed by atoms with Crippen molar-refractivity contribution in [2.24, 2.45) is 0 Å². The second kappa shape index (κ2) is 1.78. The summed E-state index contributed by atoms with van der Waals surface area (Å²) in [6, 6.07) is 0.125. The molecule has 0 aromatic rings. The van der Waals surface area contributed by atoms with Crippen molar-refractivity contribution in [3.8, 4) is 0 Å². The minimum Gasteiger partial charge on any atom is -0.300 e. The predicted molar refractivity (Wildman–Crippen MR) is 26.7 cm³/mol. The molecule has 1 heterocycles. The first-order chi connectivity index (χ1) is 3.34. The van der Waals surface area contributed by atoms with Crippen LogP contribution in [0.4, 0.5) is 4.39 Å². The van der Waals surface area contributed by atoms with E-state index in [4.69, 9.17) is 0 Å². The molecule has 0 N–H and O–H groups in total. The van der Waals surface area contributed by atoms with E-state index in [0.717, 1.165) is 6.54 Å². The average molecular weight is 102 g/mol. The van der Waals surface area contributed by atoms with E-state index in [1.165, 1.54) is 0 Å². The number of alkyl halides is 1. The molecular weight excluding hydrogens is 93.1 g/mol. The van der Waals surface area contributed by atoms with Crippen molar-refractivity contribution in [1.29, 1.82) is 0 Å². The number of halogens is 1. The van der Waals surface area contributed by atoms with Crippen molar-refractivity contribution >= 4 is 0 Å². The molecule has 0 amide bonds. The highest BCUT2D eigenvalue weighted by molar-refractivity contribution is 4.96. The van der Waals surface area contributed by atoms with Crippen molar-refractivity contribution in [1.82, 2.24) is 4.90 Å². The fraction of sp³-hybridized carbons (Fsp3) is 0.800. The van der Waals surface area contributed by atoms with Crippen molar-refractivity contribution in [2.45, 2.75) is 6.04 Å². The summed E-state index contributed by atoms with van der Waals surface area (Å²) < 4.78 is 11.6. The van der Waals surface area contributed by atoms with E-state index in [2.05, 4.69) is 0 Å². The summed E-state index contributed by atoms with van der Waals surface area (Å²) in [5, 5.41) is 0. The largest absolute Gasteiger partial charge is 0.300 e. The van der Waals surface area contributed by atoms with Crippen molar-refractivity contribution in [2.75, 3.05) is 20.3 Å². The molecule has 2 heteroatoms. The van der Waals surface area contributed by atoms with Gasteiger partial charge in [-0.25, -0.2) is 4.39 Å². The molecule has 1 nitrogen and oxygen atoms in total. The minimum absolute atomic E-state index is 0.125. The van der Waals surface area contributed by atoms with Gasteiger partial charge < -0.3 is 4.90 Å². The second-order valence-corrected chi connectivity index (χ2v) is 1.90. The summed E-state index contributed by atoms with van der Waals surface area (Å²) in [6.07, 6.45) is 1.97. The summed E-state index contributed by atoms with van der Waals surface area (Å²) in [6.45, 7) is 0.727. The third-order valence-electron chi connectivity index (χ3n) is 1.39. The Kier molecular flexibility index (Phi) is 1.28. The molecular formula is C5H9FN. The molecule has 41 valence electrons. The second-order valence-electron chi connectivity index (χ2n) is 1.90. The molecule has 0 saturated carbocycles. The molecule has 0 aliphatic carbocycles. The molecule has 1 radical (unpaired) electrons. The van der Waals surface area contributed by atoms with Gasteiger partial charge in [-0.2, -0.15) is 0 Å². The maximum Gasteiger partial charge on any atom is 0.105 e. The molecule has 1 atom stereocenters. The molecule has 1 fully saturated rings. The van der Waals surface area contributed by atoms with E-state index >= 15 is 0 Å². The van der Waals surface area contributed by atoms with E-state index in [1.54, 1.807) is 0 Å². The summed E-state index contributed by atoms with van der Waals surface area (Å²) in [7, 11) is 1.92. The smallest absolute Gasteiger partial charge is 0.105 e. The van der Waals surface area contributed by atoms with Gasteiger partial charge in [0.2, 0.25) is 0 Å². The fourth-order valence-corrected chi connectivity index (χ4v) is 0.646. The topological polar surface area (TPSA) is 3.24 Å². The van der Waals surface area contributed by atoms with Gasteiger partial charge in [0.05, 0.1) is 0 Å². The molecule has 1 aliphatic heterocycles. The molecule has 1 saturated heterocycles. The first-order valence-corrected chi connectivity index (χ1v) is 2.44. The van der Waals surface area contributed by atoms with Gasteiger partial charge in [-0.1, -0.05) is 0 Å². The molecule has 7 heavy (non-hydrogen) atoms. The number of nitrogens with zero attached hydrogens (tertiary/aromatic N) is 1. The van der Waals surface area contributed by atoms with Crippen LogP contribution in [-0.2, 0) is 0 Å². The molecule has 0 aromatic carbocycles. The van der Waals surface area contributed by atoms with Gasteiger partial charge in [0, 0.05) is 12.6 Å². The number of rotatable bonds is 1. The van der Waals surface area contributed by atoms with Crippen LogP contribution in [0.1, 0.15) is 0 Å². The Hall–Kier alpha value is -0.110. The van der Waals surface area contributed by atoms with E-state index < -0.39 is 0 Å². The van der Waals surface area contributed by atoms with Crippen molar-refractivity contribution < 1.29 is 4.39 Å². The van der Waals surface area contributed by atoms with E-state index in [1.807, 2.05) is 18.4 Å². The summed E-state index contributed by atoms with van der Waals surface area (Å²) in [5.74, 6) is 0. The third-order valence-corrected chi connectivity index (χ3v) is 1.39. The van der Waals surface area contributed by atoms with Gasteiger partial charge in [-0.3, -0.25) is 0 Å². The Morgan fingerprint density at radius 2 is 2.71 bits per heavy atom. The van der Waals surface area contributed by atoms with E-state index in [9.17, 15) is 4.39 Å².